The molecule has 1 aromatic heterocycles. The van der Waals surface area contributed by atoms with Gasteiger partial charge in [0.25, 0.3) is 11.5 Å². The van der Waals surface area contributed by atoms with Gasteiger partial charge in [0.2, 0.25) is 0 Å². The van der Waals surface area contributed by atoms with Crippen LogP contribution in [-0.4, -0.2) is 40.6 Å². The molecule has 3 aromatic rings. The molecule has 1 N–H and O–H groups in total. The predicted molar refractivity (Wildman–Crippen MR) is 111 cm³/mol. The molecule has 0 saturated heterocycles. The first-order valence-corrected chi connectivity index (χ1v) is 9.39. The zero-order valence-electron chi connectivity index (χ0n) is 16.3. The number of carbonyl (C=O) groups is 2. The van der Waals surface area contributed by atoms with Crippen LogP contribution in [0.3, 0.4) is 0 Å². The Kier molecular flexibility index (Phi) is 6.63. The summed E-state index contributed by atoms with van der Waals surface area (Å²) in [5.74, 6) is -0.795. The number of ether oxygens (including phenoxy) is 2. The van der Waals surface area contributed by atoms with Gasteiger partial charge < -0.3 is 14.8 Å². The van der Waals surface area contributed by atoms with Crippen LogP contribution in [0.2, 0.25) is 5.02 Å². The van der Waals surface area contributed by atoms with Gasteiger partial charge in [-0.05, 0) is 30.7 Å². The lowest BCUT2D eigenvalue weighted by atomic mass is 10.2. The summed E-state index contributed by atoms with van der Waals surface area (Å²) in [5, 5.41) is 11.3. The Balaban J connectivity index is 1.54. The van der Waals surface area contributed by atoms with Gasteiger partial charge >= 0.3 is 5.97 Å². The molecule has 156 valence electrons. The summed E-state index contributed by atoms with van der Waals surface area (Å²) in [6.07, 6.45) is -0.135. The molecule has 0 fully saturated rings. The number of carbonyl (C=O) groups excluding carboxylic acids is 2. The highest BCUT2D eigenvalue weighted by Crippen LogP contribution is 2.30. The summed E-state index contributed by atoms with van der Waals surface area (Å²) in [6.45, 7) is 1.29. The monoisotopic (exact) mass is 430 g/mol. The number of amides is 1. The first-order valence-electron chi connectivity index (χ1n) is 9.01. The molecule has 2 aromatic carbocycles. The van der Waals surface area contributed by atoms with Crippen molar-refractivity contribution in [2.45, 2.75) is 19.9 Å². The molecule has 0 aliphatic rings. The molecule has 0 aliphatic carbocycles. The van der Waals surface area contributed by atoms with Gasteiger partial charge in [-0.15, -0.1) is 5.10 Å². The van der Waals surface area contributed by atoms with E-state index in [0.29, 0.717) is 27.4 Å². The molecule has 30 heavy (non-hydrogen) atoms. The zero-order chi connectivity index (χ0) is 21.7. The Morgan fingerprint density at radius 3 is 2.77 bits per heavy atom. The van der Waals surface area contributed by atoms with Crippen LogP contribution in [0.25, 0.3) is 10.9 Å². The summed E-state index contributed by atoms with van der Waals surface area (Å²) >= 11 is 6.04. The minimum absolute atomic E-state index is 0.0126. The topological polar surface area (TPSA) is 112 Å². The van der Waals surface area contributed by atoms with Gasteiger partial charge in [-0.25, -0.2) is 4.68 Å². The lowest BCUT2D eigenvalue weighted by Crippen LogP contribution is -2.26. The van der Waals surface area contributed by atoms with E-state index in [1.165, 1.54) is 7.11 Å². The number of aryl methyl sites for hydroxylation is 2. The molecule has 3 rings (SSSR count). The van der Waals surface area contributed by atoms with Gasteiger partial charge in [-0.3, -0.25) is 14.4 Å². The second-order valence-corrected chi connectivity index (χ2v) is 6.80. The van der Waals surface area contributed by atoms with E-state index < -0.39 is 18.5 Å². The Labute approximate surface area is 176 Å². The Morgan fingerprint density at radius 2 is 2.00 bits per heavy atom. The van der Waals surface area contributed by atoms with Crippen molar-refractivity contribution in [3.8, 4) is 5.75 Å². The zero-order valence-corrected chi connectivity index (χ0v) is 17.1. The van der Waals surface area contributed by atoms with Crippen molar-refractivity contribution < 1.29 is 19.1 Å². The molecular formula is C20H19ClN4O5. The molecule has 9 nitrogen and oxygen atoms in total. The van der Waals surface area contributed by atoms with Crippen molar-refractivity contribution in [2.24, 2.45) is 0 Å². The summed E-state index contributed by atoms with van der Waals surface area (Å²) in [7, 11) is 1.45. The maximum absolute atomic E-state index is 12.3. The van der Waals surface area contributed by atoms with Crippen molar-refractivity contribution in [3.05, 3.63) is 57.3 Å². The van der Waals surface area contributed by atoms with Crippen LogP contribution in [0, 0.1) is 6.92 Å². The number of nitrogens with one attached hydrogen (secondary N) is 1. The van der Waals surface area contributed by atoms with Gasteiger partial charge in [-0.2, -0.15) is 0 Å². The smallest absolute Gasteiger partial charge is 0.308 e. The van der Waals surface area contributed by atoms with Crippen LogP contribution in [0.5, 0.6) is 5.75 Å². The summed E-state index contributed by atoms with van der Waals surface area (Å²) < 4.78 is 11.2. The van der Waals surface area contributed by atoms with Crippen molar-refractivity contribution in [2.75, 3.05) is 19.0 Å². The van der Waals surface area contributed by atoms with E-state index in [0.717, 1.165) is 10.2 Å². The number of anilines is 1. The van der Waals surface area contributed by atoms with Crippen molar-refractivity contribution >= 4 is 40.1 Å². The van der Waals surface area contributed by atoms with Crippen molar-refractivity contribution in [1.29, 1.82) is 0 Å². The van der Waals surface area contributed by atoms with Crippen molar-refractivity contribution in [3.63, 3.8) is 0 Å². The lowest BCUT2D eigenvalue weighted by molar-refractivity contribution is -0.147. The van der Waals surface area contributed by atoms with E-state index in [2.05, 4.69) is 15.6 Å². The number of nitrogens with zero attached hydrogens (tertiary/aromatic N) is 3. The van der Waals surface area contributed by atoms with E-state index in [1.807, 2.05) is 0 Å². The molecule has 0 saturated carbocycles. The third-order valence-electron chi connectivity index (χ3n) is 4.28. The first kappa shape index (κ1) is 21.3. The third kappa shape index (κ3) is 4.93. The maximum Gasteiger partial charge on any atom is 0.308 e. The average Bonchev–Trinajstić information content (AvgIpc) is 2.74. The van der Waals surface area contributed by atoms with E-state index in [1.54, 1.807) is 43.3 Å². The normalized spacial score (nSPS) is 10.6. The Hall–Kier alpha value is -3.46. The van der Waals surface area contributed by atoms with E-state index in [-0.39, 0.29) is 18.5 Å². The van der Waals surface area contributed by atoms with Gasteiger partial charge in [0.05, 0.1) is 31.1 Å². The number of esters is 1. The fourth-order valence-corrected chi connectivity index (χ4v) is 2.85. The first-order chi connectivity index (χ1) is 14.4. The number of halogens is 1. The van der Waals surface area contributed by atoms with Crippen LogP contribution in [0.1, 0.15) is 12.0 Å². The number of hydrogen-bond acceptors (Lipinski definition) is 7. The van der Waals surface area contributed by atoms with E-state index in [4.69, 9.17) is 21.1 Å². The number of hydrogen-bond donors (Lipinski definition) is 1. The molecule has 1 heterocycles. The van der Waals surface area contributed by atoms with Crippen LogP contribution >= 0.6 is 11.6 Å². The summed E-state index contributed by atoms with van der Waals surface area (Å²) in [6, 6.07) is 10.0. The van der Waals surface area contributed by atoms with Crippen molar-refractivity contribution in [1.82, 2.24) is 15.0 Å². The molecule has 0 bridgehead atoms. The van der Waals surface area contributed by atoms with Crippen LogP contribution in [0.15, 0.2) is 41.2 Å². The second-order valence-electron chi connectivity index (χ2n) is 6.40. The number of methoxy groups -OCH3 is 1. The fraction of sp³-hybridized carbons (Fsp3) is 0.250. The van der Waals surface area contributed by atoms with Gasteiger partial charge in [0.15, 0.2) is 6.61 Å². The van der Waals surface area contributed by atoms with E-state index in [9.17, 15) is 14.4 Å². The largest absolute Gasteiger partial charge is 0.495 e. The standard InChI is InChI=1S/C20H19ClN4O5/c1-12-9-16(17(29-2)10-14(12)21)22-18(26)11-30-19(27)7-8-25-20(28)13-5-3-4-6-15(13)23-24-25/h3-6,9-10H,7-8,11H2,1-2H3,(H,22,26). The molecule has 0 atom stereocenters. The number of aromatic nitrogens is 3. The number of benzene rings is 2. The van der Waals surface area contributed by atoms with Gasteiger partial charge in [0, 0.05) is 11.1 Å². The minimum atomic E-state index is -0.647. The molecule has 0 aliphatic heterocycles. The molecule has 10 heteroatoms. The highest BCUT2D eigenvalue weighted by atomic mass is 35.5. The molecular weight excluding hydrogens is 412 g/mol. The number of fused-ring (bicyclic) bond motifs is 1. The third-order valence-corrected chi connectivity index (χ3v) is 4.68. The SMILES string of the molecule is COc1cc(Cl)c(C)cc1NC(=O)COC(=O)CCn1nnc2ccccc2c1=O. The highest BCUT2D eigenvalue weighted by Gasteiger charge is 2.13. The van der Waals surface area contributed by atoms with Gasteiger partial charge in [0.1, 0.15) is 11.3 Å². The Bertz CT molecular complexity index is 1160. The van der Waals surface area contributed by atoms with Gasteiger partial charge in [-0.1, -0.05) is 28.9 Å². The molecule has 0 unspecified atom stereocenters. The fourth-order valence-electron chi connectivity index (χ4n) is 2.70. The Morgan fingerprint density at radius 1 is 1.23 bits per heavy atom. The average molecular weight is 431 g/mol. The summed E-state index contributed by atoms with van der Waals surface area (Å²) in [5.41, 5.74) is 1.30. The van der Waals surface area contributed by atoms with Crippen LogP contribution in [0.4, 0.5) is 5.69 Å². The lowest BCUT2D eigenvalue weighted by Gasteiger charge is -2.12. The summed E-state index contributed by atoms with van der Waals surface area (Å²) in [4.78, 5) is 36.4. The predicted octanol–water partition coefficient (Wildman–Crippen LogP) is 2.33. The number of rotatable bonds is 7. The molecule has 0 radical (unpaired) electrons. The van der Waals surface area contributed by atoms with Crippen LogP contribution in [-0.2, 0) is 20.9 Å². The molecule has 1 amide bonds. The maximum atomic E-state index is 12.3. The molecule has 0 spiro atoms. The second kappa shape index (κ2) is 9.36. The minimum Gasteiger partial charge on any atom is -0.495 e. The highest BCUT2D eigenvalue weighted by molar-refractivity contribution is 6.31. The van der Waals surface area contributed by atoms with Crippen LogP contribution < -0.4 is 15.6 Å². The quantitative estimate of drug-likeness (QED) is 0.572. The van der Waals surface area contributed by atoms with E-state index >= 15 is 0 Å².